The highest BCUT2D eigenvalue weighted by molar-refractivity contribution is 5.69. The van der Waals surface area contributed by atoms with Crippen LogP contribution in [0.5, 0.6) is 0 Å². The number of ether oxygens (including phenoxy) is 6. The Hall–Kier alpha value is -1.01. The smallest absolute Gasteiger partial charge is 0.305 e. The molecule has 11 atom stereocenters. The van der Waals surface area contributed by atoms with Gasteiger partial charge >= 0.3 is 5.97 Å². The SMILES string of the molecule is CCCCCCCCCCCCOCC(COC1OC(COC2OC(CO)C(O)C(O)C2O)C(O)C(O)C1O)OC(=O)CC. The van der Waals surface area contributed by atoms with Crippen molar-refractivity contribution in [2.24, 2.45) is 0 Å². The molecule has 0 bridgehead atoms. The zero-order chi connectivity index (χ0) is 32.5. The summed E-state index contributed by atoms with van der Waals surface area (Å²) in [5.74, 6) is -0.465. The molecule has 11 unspecified atom stereocenters. The van der Waals surface area contributed by atoms with Gasteiger partial charge in [0, 0.05) is 13.0 Å². The molecule has 0 amide bonds. The van der Waals surface area contributed by atoms with Gasteiger partial charge in [0.05, 0.1) is 26.4 Å². The molecule has 0 aromatic carbocycles. The van der Waals surface area contributed by atoms with Crippen LogP contribution >= 0.6 is 0 Å². The topological polar surface area (TPSA) is 214 Å². The molecule has 0 saturated carbocycles. The van der Waals surface area contributed by atoms with Gasteiger partial charge in [-0.05, 0) is 6.42 Å². The van der Waals surface area contributed by atoms with Crippen molar-refractivity contribution in [3.8, 4) is 0 Å². The van der Waals surface area contributed by atoms with Crippen LogP contribution in [-0.4, -0.2) is 142 Å². The van der Waals surface area contributed by atoms with Crippen molar-refractivity contribution < 1.29 is 69.0 Å². The van der Waals surface area contributed by atoms with E-state index in [1.807, 2.05) is 0 Å². The molecule has 0 spiro atoms. The van der Waals surface area contributed by atoms with Gasteiger partial charge in [-0.2, -0.15) is 0 Å². The lowest BCUT2D eigenvalue weighted by atomic mass is 9.98. The average molecular weight is 641 g/mol. The minimum absolute atomic E-state index is 0.0564. The second-order valence-electron chi connectivity index (χ2n) is 11.6. The molecule has 0 aromatic heterocycles. The maximum atomic E-state index is 12.0. The molecule has 260 valence electrons. The quantitative estimate of drug-likeness (QED) is 0.0608. The Morgan fingerprint density at radius 3 is 1.75 bits per heavy atom. The van der Waals surface area contributed by atoms with Crippen LogP contribution in [0.15, 0.2) is 0 Å². The van der Waals surface area contributed by atoms with E-state index in [0.717, 1.165) is 19.3 Å². The number of carbonyl (C=O) groups excluding carboxylic acids is 1. The highest BCUT2D eigenvalue weighted by atomic mass is 16.7. The number of rotatable bonds is 22. The molecule has 2 fully saturated rings. The third-order valence-corrected chi connectivity index (χ3v) is 7.92. The summed E-state index contributed by atoms with van der Waals surface area (Å²) < 4.78 is 33.1. The Morgan fingerprint density at radius 1 is 0.659 bits per heavy atom. The molecule has 7 N–H and O–H groups in total. The fourth-order valence-electron chi connectivity index (χ4n) is 5.08. The minimum Gasteiger partial charge on any atom is -0.457 e. The van der Waals surface area contributed by atoms with Gasteiger partial charge in [0.25, 0.3) is 0 Å². The summed E-state index contributed by atoms with van der Waals surface area (Å²) in [6.45, 7) is 3.04. The van der Waals surface area contributed by atoms with Gasteiger partial charge in [-0.1, -0.05) is 71.6 Å². The average Bonchev–Trinajstić information content (AvgIpc) is 3.02. The number of hydrogen-bond donors (Lipinski definition) is 7. The molecular weight excluding hydrogens is 584 g/mol. The van der Waals surface area contributed by atoms with Crippen molar-refractivity contribution in [2.75, 3.05) is 33.0 Å². The predicted molar refractivity (Wildman–Crippen MR) is 155 cm³/mol. The maximum absolute atomic E-state index is 12.0. The van der Waals surface area contributed by atoms with E-state index < -0.39 is 86.7 Å². The lowest BCUT2D eigenvalue weighted by Gasteiger charge is -2.42. The standard InChI is InChI=1S/C30H56O14/c1-3-5-6-7-8-9-10-11-12-13-14-39-16-19(42-22(32)4-2)17-40-29-28(38)26(36)24(34)21(44-29)18-41-30-27(37)25(35)23(33)20(15-31)43-30/h19-21,23-31,33-38H,3-18H2,1-2H3. The summed E-state index contributed by atoms with van der Waals surface area (Å²) in [6.07, 6.45) is -3.99. The van der Waals surface area contributed by atoms with Gasteiger partial charge in [-0.15, -0.1) is 0 Å². The molecule has 2 heterocycles. The number of esters is 1. The first-order valence-corrected chi connectivity index (χ1v) is 16.1. The number of aliphatic hydroxyl groups is 7. The van der Waals surface area contributed by atoms with Crippen molar-refractivity contribution in [1.29, 1.82) is 0 Å². The van der Waals surface area contributed by atoms with E-state index in [-0.39, 0.29) is 19.6 Å². The van der Waals surface area contributed by atoms with Crippen molar-refractivity contribution in [3.63, 3.8) is 0 Å². The van der Waals surface area contributed by atoms with Crippen molar-refractivity contribution in [3.05, 3.63) is 0 Å². The van der Waals surface area contributed by atoms with Crippen LogP contribution in [0.1, 0.15) is 84.5 Å². The number of aliphatic hydroxyl groups excluding tert-OH is 7. The van der Waals surface area contributed by atoms with Gasteiger partial charge in [0.2, 0.25) is 0 Å². The molecule has 2 aliphatic heterocycles. The van der Waals surface area contributed by atoms with E-state index in [1.165, 1.54) is 44.9 Å². The van der Waals surface area contributed by atoms with E-state index in [9.17, 15) is 40.5 Å². The Balaban J connectivity index is 1.79. The second-order valence-corrected chi connectivity index (χ2v) is 11.6. The molecule has 2 saturated heterocycles. The summed E-state index contributed by atoms with van der Waals surface area (Å²) in [7, 11) is 0. The van der Waals surface area contributed by atoms with Crippen molar-refractivity contribution in [2.45, 2.75) is 152 Å². The highest BCUT2D eigenvalue weighted by Crippen LogP contribution is 2.26. The summed E-state index contributed by atoms with van der Waals surface area (Å²) in [5.41, 5.74) is 0. The molecule has 2 rings (SSSR count). The molecule has 14 nitrogen and oxygen atoms in total. The van der Waals surface area contributed by atoms with Gasteiger partial charge < -0.3 is 64.2 Å². The summed E-state index contributed by atoms with van der Waals surface area (Å²) in [5, 5.41) is 70.7. The van der Waals surface area contributed by atoms with Crippen molar-refractivity contribution in [1.82, 2.24) is 0 Å². The van der Waals surface area contributed by atoms with Crippen LogP contribution in [0.3, 0.4) is 0 Å². The lowest BCUT2D eigenvalue weighted by Crippen LogP contribution is -2.61. The van der Waals surface area contributed by atoms with E-state index in [0.29, 0.717) is 6.61 Å². The molecule has 0 aliphatic carbocycles. The summed E-state index contributed by atoms with van der Waals surface area (Å²) >= 11 is 0. The predicted octanol–water partition coefficient (Wildman–Crippen LogP) is -0.114. The largest absolute Gasteiger partial charge is 0.457 e. The minimum atomic E-state index is -1.69. The van der Waals surface area contributed by atoms with Gasteiger partial charge in [0.1, 0.15) is 54.9 Å². The number of carbonyl (C=O) groups is 1. The van der Waals surface area contributed by atoms with Gasteiger partial charge in [-0.3, -0.25) is 4.79 Å². The van der Waals surface area contributed by atoms with Crippen molar-refractivity contribution >= 4 is 5.97 Å². The highest BCUT2D eigenvalue weighted by Gasteiger charge is 2.47. The monoisotopic (exact) mass is 640 g/mol. The maximum Gasteiger partial charge on any atom is 0.305 e. The zero-order valence-corrected chi connectivity index (χ0v) is 26.2. The Kier molecular flexibility index (Phi) is 19.3. The van der Waals surface area contributed by atoms with Crippen LogP contribution in [-0.2, 0) is 33.2 Å². The van der Waals surface area contributed by atoms with E-state index in [1.54, 1.807) is 6.92 Å². The van der Waals surface area contributed by atoms with E-state index in [2.05, 4.69) is 6.92 Å². The van der Waals surface area contributed by atoms with Crippen LogP contribution in [0.2, 0.25) is 0 Å². The fraction of sp³-hybridized carbons (Fsp3) is 0.967. The molecule has 44 heavy (non-hydrogen) atoms. The zero-order valence-electron chi connectivity index (χ0n) is 26.2. The normalized spacial score (nSPS) is 33.3. The van der Waals surface area contributed by atoms with Crippen LogP contribution in [0.25, 0.3) is 0 Å². The lowest BCUT2D eigenvalue weighted by molar-refractivity contribution is -0.332. The first-order valence-electron chi connectivity index (χ1n) is 16.1. The van der Waals surface area contributed by atoms with Gasteiger partial charge in [0.15, 0.2) is 12.6 Å². The van der Waals surface area contributed by atoms with E-state index >= 15 is 0 Å². The Bertz CT molecular complexity index is 757. The molecule has 0 radical (unpaired) electrons. The Labute approximate surface area is 260 Å². The Morgan fingerprint density at radius 2 is 1.18 bits per heavy atom. The number of hydrogen-bond acceptors (Lipinski definition) is 14. The third kappa shape index (κ3) is 13.0. The first-order chi connectivity index (χ1) is 21.1. The van der Waals surface area contributed by atoms with Gasteiger partial charge in [-0.25, -0.2) is 0 Å². The number of unbranched alkanes of at least 4 members (excludes halogenated alkanes) is 9. The third-order valence-electron chi connectivity index (χ3n) is 7.92. The second kappa shape index (κ2) is 21.7. The molecule has 2 aliphatic rings. The molecule has 0 aromatic rings. The van der Waals surface area contributed by atoms with Crippen LogP contribution in [0, 0.1) is 0 Å². The summed E-state index contributed by atoms with van der Waals surface area (Å²) in [6, 6.07) is 0. The first kappa shape index (κ1) is 39.2. The fourth-order valence-corrected chi connectivity index (χ4v) is 5.08. The molecular formula is C30H56O14. The van der Waals surface area contributed by atoms with Crippen LogP contribution < -0.4 is 0 Å². The summed E-state index contributed by atoms with van der Waals surface area (Å²) in [4.78, 5) is 12.0. The van der Waals surface area contributed by atoms with E-state index in [4.69, 9.17) is 28.4 Å². The van der Waals surface area contributed by atoms with Crippen LogP contribution in [0.4, 0.5) is 0 Å². The molecule has 14 heteroatoms.